The van der Waals surface area contributed by atoms with E-state index in [2.05, 4.69) is 31.1 Å². The van der Waals surface area contributed by atoms with Crippen molar-refractivity contribution in [3.8, 4) is 0 Å². The molecule has 1 aliphatic rings. The van der Waals surface area contributed by atoms with E-state index < -0.39 is 10.0 Å². The molecule has 2 heterocycles. The summed E-state index contributed by atoms with van der Waals surface area (Å²) in [6.07, 6.45) is 3.03. The lowest BCUT2D eigenvalue weighted by atomic mass is 9.88. The molecule has 6 heteroatoms. The quantitative estimate of drug-likeness (QED) is 0.911. The summed E-state index contributed by atoms with van der Waals surface area (Å²) in [5, 5.41) is 3.28. The average molecular weight is 283 g/mol. The van der Waals surface area contributed by atoms with Crippen molar-refractivity contribution in [2.75, 3.05) is 24.7 Å². The molecule has 1 N–H and O–H groups in total. The minimum absolute atomic E-state index is 0.0811. The topological polar surface area (TPSA) is 62.3 Å². The molecule has 0 atom stereocenters. The molecule has 1 aromatic rings. The highest BCUT2D eigenvalue weighted by atomic mass is 32.2. The van der Waals surface area contributed by atoms with E-state index in [9.17, 15) is 8.42 Å². The largest absolute Gasteiger partial charge is 0.365 e. The van der Waals surface area contributed by atoms with Crippen molar-refractivity contribution in [3.05, 3.63) is 23.9 Å². The predicted molar refractivity (Wildman–Crippen MR) is 76.8 cm³/mol. The SMILES string of the molecule is CC(C)(C)c1ccnc(NC2CN(S(C)(=O)=O)C2)c1. The molecule has 1 aromatic heterocycles. The van der Waals surface area contributed by atoms with Crippen LogP contribution in [-0.4, -0.2) is 43.1 Å². The Labute approximate surface area is 115 Å². The minimum Gasteiger partial charge on any atom is -0.365 e. The zero-order valence-corrected chi connectivity index (χ0v) is 12.7. The van der Waals surface area contributed by atoms with Gasteiger partial charge in [0.15, 0.2) is 0 Å². The van der Waals surface area contributed by atoms with Gasteiger partial charge in [0, 0.05) is 19.3 Å². The van der Waals surface area contributed by atoms with Crippen LogP contribution in [0.2, 0.25) is 0 Å². The average Bonchev–Trinajstić information content (AvgIpc) is 2.20. The van der Waals surface area contributed by atoms with E-state index in [4.69, 9.17) is 0 Å². The van der Waals surface area contributed by atoms with Crippen molar-refractivity contribution in [1.29, 1.82) is 0 Å². The van der Waals surface area contributed by atoms with Gasteiger partial charge in [0.05, 0.1) is 12.3 Å². The first-order valence-electron chi connectivity index (χ1n) is 6.34. The summed E-state index contributed by atoms with van der Waals surface area (Å²) in [4.78, 5) is 4.28. The van der Waals surface area contributed by atoms with Crippen molar-refractivity contribution in [2.24, 2.45) is 0 Å². The standard InChI is InChI=1S/C13H21N3O2S/c1-13(2,3)10-5-6-14-12(7-10)15-11-8-16(9-11)19(4,17)18/h5-7,11H,8-9H2,1-4H3,(H,14,15). The van der Waals surface area contributed by atoms with Crippen molar-refractivity contribution < 1.29 is 8.42 Å². The predicted octanol–water partition coefficient (Wildman–Crippen LogP) is 1.43. The van der Waals surface area contributed by atoms with Gasteiger partial charge in [-0.1, -0.05) is 20.8 Å². The van der Waals surface area contributed by atoms with E-state index in [0.29, 0.717) is 13.1 Å². The molecule has 1 fully saturated rings. The smallest absolute Gasteiger partial charge is 0.211 e. The molecule has 0 aliphatic carbocycles. The van der Waals surface area contributed by atoms with Crippen molar-refractivity contribution in [3.63, 3.8) is 0 Å². The highest BCUT2D eigenvalue weighted by Crippen LogP contribution is 2.24. The number of hydrogen-bond acceptors (Lipinski definition) is 4. The zero-order chi connectivity index (χ0) is 14.3. The molecule has 1 saturated heterocycles. The monoisotopic (exact) mass is 283 g/mol. The van der Waals surface area contributed by atoms with Gasteiger partial charge >= 0.3 is 0 Å². The zero-order valence-electron chi connectivity index (χ0n) is 11.8. The lowest BCUT2D eigenvalue weighted by molar-refractivity contribution is 0.282. The Balaban J connectivity index is 1.99. The molecule has 0 amide bonds. The Bertz CT molecular complexity index is 557. The van der Waals surface area contributed by atoms with Crippen LogP contribution in [-0.2, 0) is 15.4 Å². The molecule has 5 nitrogen and oxygen atoms in total. The molecule has 1 aliphatic heterocycles. The summed E-state index contributed by atoms with van der Waals surface area (Å²) in [5.74, 6) is 0.811. The summed E-state index contributed by atoms with van der Waals surface area (Å²) < 4.78 is 24.0. The summed E-state index contributed by atoms with van der Waals surface area (Å²) >= 11 is 0. The van der Waals surface area contributed by atoms with E-state index in [1.165, 1.54) is 16.1 Å². The second-order valence-corrected chi connectivity index (χ2v) is 8.08. The first kappa shape index (κ1) is 14.3. The van der Waals surface area contributed by atoms with Gasteiger partial charge in [-0.3, -0.25) is 0 Å². The maximum Gasteiger partial charge on any atom is 0.211 e. The molecular formula is C13H21N3O2S. The number of nitrogens with one attached hydrogen (secondary N) is 1. The fourth-order valence-corrected chi connectivity index (χ4v) is 2.89. The fourth-order valence-electron chi connectivity index (χ4n) is 1.99. The van der Waals surface area contributed by atoms with Gasteiger partial charge in [-0.15, -0.1) is 0 Å². The fraction of sp³-hybridized carbons (Fsp3) is 0.615. The normalized spacial score (nSPS) is 18.1. The van der Waals surface area contributed by atoms with E-state index in [1.807, 2.05) is 12.1 Å². The molecule has 0 aromatic carbocycles. The van der Waals surface area contributed by atoms with Crippen LogP contribution in [0.5, 0.6) is 0 Å². The van der Waals surface area contributed by atoms with Crippen LogP contribution >= 0.6 is 0 Å². The van der Waals surface area contributed by atoms with Crippen molar-refractivity contribution >= 4 is 15.8 Å². The maximum atomic E-state index is 11.3. The number of sulfonamides is 1. The van der Waals surface area contributed by atoms with Crippen molar-refractivity contribution in [2.45, 2.75) is 32.2 Å². The van der Waals surface area contributed by atoms with Gasteiger partial charge < -0.3 is 5.32 Å². The lowest BCUT2D eigenvalue weighted by Gasteiger charge is -2.37. The van der Waals surface area contributed by atoms with Crippen molar-refractivity contribution in [1.82, 2.24) is 9.29 Å². The number of pyridine rings is 1. The molecule has 0 saturated carbocycles. The van der Waals surface area contributed by atoms with Gasteiger partial charge in [0.2, 0.25) is 10.0 Å². The molecule has 0 unspecified atom stereocenters. The van der Waals surface area contributed by atoms with Crippen LogP contribution in [0, 0.1) is 0 Å². The lowest BCUT2D eigenvalue weighted by Crippen LogP contribution is -2.56. The molecule has 2 rings (SSSR count). The summed E-state index contributed by atoms with van der Waals surface area (Å²) in [5.41, 5.74) is 1.29. The third-order valence-electron chi connectivity index (χ3n) is 3.30. The maximum absolute atomic E-state index is 11.3. The number of hydrogen-bond donors (Lipinski definition) is 1. The number of anilines is 1. The summed E-state index contributed by atoms with van der Waals surface area (Å²) in [6, 6.07) is 4.19. The third-order valence-corrected chi connectivity index (χ3v) is 4.53. The Morgan fingerprint density at radius 3 is 2.53 bits per heavy atom. The van der Waals surface area contributed by atoms with Gasteiger partial charge in [-0.25, -0.2) is 13.4 Å². The first-order chi connectivity index (χ1) is 8.66. The Morgan fingerprint density at radius 2 is 2.00 bits per heavy atom. The van der Waals surface area contributed by atoms with Crippen LogP contribution in [0.15, 0.2) is 18.3 Å². The number of rotatable bonds is 3. The minimum atomic E-state index is -3.05. The number of aromatic nitrogens is 1. The Hall–Kier alpha value is -1.14. The molecular weight excluding hydrogens is 262 g/mol. The third kappa shape index (κ3) is 3.45. The van der Waals surface area contributed by atoms with Gasteiger partial charge in [0.1, 0.15) is 5.82 Å². The molecule has 0 bridgehead atoms. The Kier molecular flexibility index (Phi) is 3.57. The molecule has 0 spiro atoms. The van der Waals surface area contributed by atoms with E-state index in [1.54, 1.807) is 6.20 Å². The molecule has 0 radical (unpaired) electrons. The highest BCUT2D eigenvalue weighted by molar-refractivity contribution is 7.88. The molecule has 19 heavy (non-hydrogen) atoms. The van der Waals surface area contributed by atoms with Crippen LogP contribution in [0.25, 0.3) is 0 Å². The van der Waals surface area contributed by atoms with Gasteiger partial charge in [-0.2, -0.15) is 4.31 Å². The summed E-state index contributed by atoms with van der Waals surface area (Å²) in [6.45, 7) is 7.49. The second-order valence-electron chi connectivity index (χ2n) is 6.10. The van der Waals surface area contributed by atoms with E-state index in [-0.39, 0.29) is 11.5 Å². The van der Waals surface area contributed by atoms with Crippen LogP contribution in [0.1, 0.15) is 26.3 Å². The van der Waals surface area contributed by atoms with Gasteiger partial charge in [0.25, 0.3) is 0 Å². The van der Waals surface area contributed by atoms with Crippen LogP contribution in [0.4, 0.5) is 5.82 Å². The number of nitrogens with zero attached hydrogens (tertiary/aromatic N) is 2. The molecule has 106 valence electrons. The van der Waals surface area contributed by atoms with E-state index in [0.717, 1.165) is 5.82 Å². The first-order valence-corrected chi connectivity index (χ1v) is 8.19. The Morgan fingerprint density at radius 1 is 1.37 bits per heavy atom. The summed E-state index contributed by atoms with van der Waals surface area (Å²) in [7, 11) is -3.05. The second kappa shape index (κ2) is 4.76. The van der Waals surface area contributed by atoms with Gasteiger partial charge in [-0.05, 0) is 23.1 Å². The van der Waals surface area contributed by atoms with Crippen LogP contribution in [0.3, 0.4) is 0 Å². The van der Waals surface area contributed by atoms with Crippen LogP contribution < -0.4 is 5.32 Å². The highest BCUT2D eigenvalue weighted by Gasteiger charge is 2.33. The van der Waals surface area contributed by atoms with E-state index >= 15 is 0 Å².